The van der Waals surface area contributed by atoms with Gasteiger partial charge in [0, 0.05) is 0 Å². The maximum Gasteiger partial charge on any atom is 0.335 e. The standard InChI is InChI=1S/C14H14O3/c1-8-6-10-4-5-11(17-3)7-12(10)13(8)9(2)14(15)16/h4-5,7H,2,6H2,1,3H3,(H,15,16). The summed E-state index contributed by atoms with van der Waals surface area (Å²) in [6, 6.07) is 5.73. The van der Waals surface area contributed by atoms with Gasteiger partial charge in [0.2, 0.25) is 0 Å². The Kier molecular flexibility index (Phi) is 2.76. The summed E-state index contributed by atoms with van der Waals surface area (Å²) in [5.74, 6) is -0.246. The third-order valence-corrected chi connectivity index (χ3v) is 3.03. The number of ether oxygens (including phenoxy) is 1. The number of carboxylic acids is 1. The Morgan fingerprint density at radius 3 is 2.76 bits per heavy atom. The molecule has 0 fully saturated rings. The Bertz CT molecular complexity index is 538. The van der Waals surface area contributed by atoms with E-state index in [9.17, 15) is 4.79 Å². The molecule has 3 heteroatoms. The van der Waals surface area contributed by atoms with Crippen molar-refractivity contribution in [1.82, 2.24) is 0 Å². The van der Waals surface area contributed by atoms with Gasteiger partial charge in [0.25, 0.3) is 0 Å². The van der Waals surface area contributed by atoms with Crippen LogP contribution in [0.3, 0.4) is 0 Å². The van der Waals surface area contributed by atoms with Crippen LogP contribution in [0.5, 0.6) is 5.75 Å². The van der Waals surface area contributed by atoms with Crippen molar-refractivity contribution in [3.63, 3.8) is 0 Å². The molecule has 1 aliphatic rings. The zero-order valence-electron chi connectivity index (χ0n) is 9.91. The third-order valence-electron chi connectivity index (χ3n) is 3.03. The molecule has 3 nitrogen and oxygen atoms in total. The summed E-state index contributed by atoms with van der Waals surface area (Å²) in [7, 11) is 1.60. The van der Waals surface area contributed by atoms with E-state index < -0.39 is 5.97 Å². The molecule has 2 rings (SSSR count). The first-order chi connectivity index (χ1) is 8.04. The van der Waals surface area contributed by atoms with Gasteiger partial charge in [-0.25, -0.2) is 4.79 Å². The topological polar surface area (TPSA) is 46.5 Å². The van der Waals surface area contributed by atoms with E-state index in [1.807, 2.05) is 25.1 Å². The molecule has 1 aromatic carbocycles. The van der Waals surface area contributed by atoms with Gasteiger partial charge in [-0.3, -0.25) is 0 Å². The summed E-state index contributed by atoms with van der Waals surface area (Å²) < 4.78 is 5.16. The second-order valence-electron chi connectivity index (χ2n) is 4.14. The Balaban J connectivity index is 2.53. The predicted octanol–water partition coefficient (Wildman–Crippen LogP) is 2.67. The van der Waals surface area contributed by atoms with E-state index in [-0.39, 0.29) is 5.57 Å². The molecule has 1 aromatic rings. The highest BCUT2D eigenvalue weighted by Crippen LogP contribution is 2.38. The van der Waals surface area contributed by atoms with Crippen molar-refractivity contribution in [2.75, 3.05) is 7.11 Å². The number of hydrogen-bond acceptors (Lipinski definition) is 2. The minimum atomic E-state index is -0.977. The summed E-state index contributed by atoms with van der Waals surface area (Å²) in [5.41, 5.74) is 3.98. The fourth-order valence-corrected chi connectivity index (χ4v) is 2.20. The van der Waals surface area contributed by atoms with Crippen LogP contribution in [-0.2, 0) is 11.2 Å². The molecule has 0 aliphatic heterocycles. The van der Waals surface area contributed by atoms with Gasteiger partial charge in [0.15, 0.2) is 0 Å². The van der Waals surface area contributed by atoms with Crippen LogP contribution in [0, 0.1) is 0 Å². The first kappa shape index (κ1) is 11.5. The number of benzene rings is 1. The SMILES string of the molecule is C=C(C(=O)O)C1=C(C)Cc2ccc(OC)cc21. The summed E-state index contributed by atoms with van der Waals surface area (Å²) in [4.78, 5) is 11.0. The lowest BCUT2D eigenvalue weighted by atomic mass is 9.99. The van der Waals surface area contributed by atoms with E-state index in [2.05, 4.69) is 6.58 Å². The van der Waals surface area contributed by atoms with E-state index in [0.29, 0.717) is 0 Å². The highest BCUT2D eigenvalue weighted by Gasteiger charge is 2.24. The molecule has 0 aromatic heterocycles. The molecule has 0 saturated heterocycles. The zero-order valence-corrected chi connectivity index (χ0v) is 9.91. The van der Waals surface area contributed by atoms with Crippen LogP contribution in [0.4, 0.5) is 0 Å². The molecule has 0 amide bonds. The number of rotatable bonds is 3. The molecule has 0 heterocycles. The van der Waals surface area contributed by atoms with Crippen molar-refractivity contribution in [2.45, 2.75) is 13.3 Å². The van der Waals surface area contributed by atoms with Crippen LogP contribution in [0.15, 0.2) is 35.9 Å². The minimum absolute atomic E-state index is 0.148. The average molecular weight is 230 g/mol. The molecular formula is C14H14O3. The van der Waals surface area contributed by atoms with E-state index >= 15 is 0 Å². The van der Waals surface area contributed by atoms with Crippen LogP contribution in [0.25, 0.3) is 5.57 Å². The van der Waals surface area contributed by atoms with E-state index in [1.54, 1.807) is 7.11 Å². The highest BCUT2D eigenvalue weighted by atomic mass is 16.5. The van der Waals surface area contributed by atoms with Crippen molar-refractivity contribution in [1.29, 1.82) is 0 Å². The summed E-state index contributed by atoms with van der Waals surface area (Å²) in [6.45, 7) is 5.58. The lowest BCUT2D eigenvalue weighted by Gasteiger charge is -2.08. The third kappa shape index (κ3) is 1.84. The normalized spacial score (nSPS) is 13.5. The number of methoxy groups -OCH3 is 1. The molecule has 88 valence electrons. The fraction of sp³-hybridized carbons (Fsp3) is 0.214. The first-order valence-corrected chi connectivity index (χ1v) is 5.34. The number of fused-ring (bicyclic) bond motifs is 1. The summed E-state index contributed by atoms with van der Waals surface area (Å²) in [5, 5.41) is 9.05. The monoisotopic (exact) mass is 230 g/mol. The molecule has 0 bridgehead atoms. The van der Waals surface area contributed by atoms with Crippen LogP contribution in [0.2, 0.25) is 0 Å². The predicted molar refractivity (Wildman–Crippen MR) is 66.1 cm³/mol. The molecular weight excluding hydrogens is 216 g/mol. The Morgan fingerprint density at radius 1 is 1.47 bits per heavy atom. The number of hydrogen-bond donors (Lipinski definition) is 1. The van der Waals surface area contributed by atoms with Crippen molar-refractivity contribution in [3.05, 3.63) is 47.1 Å². The first-order valence-electron chi connectivity index (χ1n) is 5.34. The minimum Gasteiger partial charge on any atom is -0.497 e. The van der Waals surface area contributed by atoms with Gasteiger partial charge in [-0.05, 0) is 42.2 Å². The van der Waals surface area contributed by atoms with Crippen molar-refractivity contribution in [2.24, 2.45) is 0 Å². The number of carbonyl (C=O) groups is 1. The largest absolute Gasteiger partial charge is 0.497 e. The van der Waals surface area contributed by atoms with Crippen molar-refractivity contribution >= 4 is 11.5 Å². The molecule has 0 unspecified atom stereocenters. The van der Waals surface area contributed by atoms with Gasteiger partial charge in [0.1, 0.15) is 5.75 Å². The van der Waals surface area contributed by atoms with Crippen molar-refractivity contribution in [3.8, 4) is 5.75 Å². The van der Waals surface area contributed by atoms with Crippen LogP contribution in [0.1, 0.15) is 18.1 Å². The Morgan fingerprint density at radius 2 is 2.18 bits per heavy atom. The molecule has 0 atom stereocenters. The second-order valence-corrected chi connectivity index (χ2v) is 4.14. The van der Waals surface area contributed by atoms with Crippen LogP contribution in [-0.4, -0.2) is 18.2 Å². The lowest BCUT2D eigenvalue weighted by Crippen LogP contribution is -2.01. The van der Waals surface area contributed by atoms with Crippen LogP contribution < -0.4 is 4.74 Å². The highest BCUT2D eigenvalue weighted by molar-refractivity contribution is 6.07. The molecule has 0 spiro atoms. The summed E-state index contributed by atoms with van der Waals surface area (Å²) >= 11 is 0. The molecule has 17 heavy (non-hydrogen) atoms. The van der Waals surface area contributed by atoms with Gasteiger partial charge in [-0.15, -0.1) is 0 Å². The molecule has 1 N–H and O–H groups in total. The smallest absolute Gasteiger partial charge is 0.335 e. The average Bonchev–Trinajstić information content (AvgIpc) is 2.62. The van der Waals surface area contributed by atoms with Gasteiger partial charge >= 0.3 is 5.97 Å². The van der Waals surface area contributed by atoms with Gasteiger partial charge < -0.3 is 9.84 Å². The van der Waals surface area contributed by atoms with Gasteiger partial charge in [-0.1, -0.05) is 18.2 Å². The fourth-order valence-electron chi connectivity index (χ4n) is 2.20. The second kappa shape index (κ2) is 4.09. The summed E-state index contributed by atoms with van der Waals surface area (Å²) in [6.07, 6.45) is 0.779. The number of allylic oxidation sites excluding steroid dienone is 1. The zero-order chi connectivity index (χ0) is 12.6. The maximum atomic E-state index is 11.0. The van der Waals surface area contributed by atoms with Crippen molar-refractivity contribution < 1.29 is 14.6 Å². The van der Waals surface area contributed by atoms with Crippen LogP contribution >= 0.6 is 0 Å². The lowest BCUT2D eigenvalue weighted by molar-refractivity contribution is -0.132. The van der Waals surface area contributed by atoms with Gasteiger partial charge in [-0.2, -0.15) is 0 Å². The quantitative estimate of drug-likeness (QED) is 0.812. The maximum absolute atomic E-state index is 11.0. The van der Waals surface area contributed by atoms with E-state index in [0.717, 1.165) is 34.4 Å². The van der Waals surface area contributed by atoms with E-state index in [4.69, 9.17) is 9.84 Å². The number of carboxylic acid groups (broad SMARTS) is 1. The van der Waals surface area contributed by atoms with Gasteiger partial charge in [0.05, 0.1) is 12.7 Å². The molecule has 0 saturated carbocycles. The molecule has 0 radical (unpaired) electrons. The molecule has 1 aliphatic carbocycles. The Hall–Kier alpha value is -2.03. The van der Waals surface area contributed by atoms with E-state index in [1.165, 1.54) is 0 Å². The Labute approximate surface area is 100 Å². The number of aliphatic carboxylic acids is 1.